The standard InChI is InChI=1S/C15H22FN/c1-11-5-6-13(8-12(11)2)9-15(16)14-4-3-7-17-10-14/h5-6,8,14-15,17H,3-4,7,9-10H2,1-2H3. The van der Waals surface area contributed by atoms with Crippen LogP contribution >= 0.6 is 0 Å². The van der Waals surface area contributed by atoms with Gasteiger partial charge in [0.2, 0.25) is 0 Å². The van der Waals surface area contributed by atoms with E-state index in [-0.39, 0.29) is 5.92 Å². The molecule has 0 saturated carbocycles. The van der Waals surface area contributed by atoms with Gasteiger partial charge in [0.05, 0.1) is 0 Å². The Balaban J connectivity index is 1.96. The number of alkyl halides is 1. The van der Waals surface area contributed by atoms with Gasteiger partial charge >= 0.3 is 0 Å². The lowest BCUT2D eigenvalue weighted by Gasteiger charge is -2.26. The maximum absolute atomic E-state index is 14.2. The van der Waals surface area contributed by atoms with E-state index in [2.05, 4.69) is 37.4 Å². The predicted octanol–water partition coefficient (Wildman–Crippen LogP) is 3.18. The van der Waals surface area contributed by atoms with Crippen LogP contribution in [0.4, 0.5) is 4.39 Å². The van der Waals surface area contributed by atoms with Crippen LogP contribution < -0.4 is 5.32 Å². The van der Waals surface area contributed by atoms with E-state index in [1.165, 1.54) is 11.1 Å². The van der Waals surface area contributed by atoms with Crippen LogP contribution in [0.2, 0.25) is 0 Å². The molecule has 1 aliphatic rings. The van der Waals surface area contributed by atoms with Gasteiger partial charge in [-0.25, -0.2) is 4.39 Å². The fourth-order valence-electron chi connectivity index (χ4n) is 2.51. The quantitative estimate of drug-likeness (QED) is 0.848. The summed E-state index contributed by atoms with van der Waals surface area (Å²) in [5.41, 5.74) is 3.67. The molecule has 0 bridgehead atoms. The Morgan fingerprint density at radius 2 is 2.18 bits per heavy atom. The maximum atomic E-state index is 14.2. The fourth-order valence-corrected chi connectivity index (χ4v) is 2.51. The van der Waals surface area contributed by atoms with Crippen molar-refractivity contribution in [2.45, 2.75) is 39.3 Å². The summed E-state index contributed by atoms with van der Waals surface area (Å²) < 4.78 is 14.2. The highest BCUT2D eigenvalue weighted by Gasteiger charge is 2.23. The third-order valence-electron chi connectivity index (χ3n) is 3.85. The van der Waals surface area contributed by atoms with Gasteiger partial charge in [0.15, 0.2) is 0 Å². The summed E-state index contributed by atoms with van der Waals surface area (Å²) in [6, 6.07) is 6.28. The topological polar surface area (TPSA) is 12.0 Å². The Morgan fingerprint density at radius 3 is 2.82 bits per heavy atom. The Kier molecular flexibility index (Phi) is 4.16. The van der Waals surface area contributed by atoms with E-state index < -0.39 is 6.17 Å². The molecule has 2 atom stereocenters. The molecule has 1 heterocycles. The van der Waals surface area contributed by atoms with Crippen LogP contribution in [-0.4, -0.2) is 19.3 Å². The summed E-state index contributed by atoms with van der Waals surface area (Å²) in [7, 11) is 0. The molecule has 2 heteroatoms. The van der Waals surface area contributed by atoms with Crippen molar-refractivity contribution in [3.63, 3.8) is 0 Å². The molecule has 1 fully saturated rings. The third-order valence-corrected chi connectivity index (χ3v) is 3.85. The number of piperidine rings is 1. The fraction of sp³-hybridized carbons (Fsp3) is 0.600. The number of rotatable bonds is 3. The molecule has 94 valence electrons. The van der Waals surface area contributed by atoms with E-state index in [9.17, 15) is 4.39 Å². The zero-order chi connectivity index (χ0) is 12.3. The summed E-state index contributed by atoms with van der Waals surface area (Å²) in [6.07, 6.45) is 2.00. The van der Waals surface area contributed by atoms with Crippen molar-refractivity contribution in [2.24, 2.45) is 5.92 Å². The average molecular weight is 235 g/mol. The number of hydrogen-bond donors (Lipinski definition) is 1. The Morgan fingerprint density at radius 1 is 1.35 bits per heavy atom. The van der Waals surface area contributed by atoms with Gasteiger partial charge in [0, 0.05) is 18.9 Å². The number of nitrogens with one attached hydrogen (secondary N) is 1. The molecule has 1 aliphatic heterocycles. The average Bonchev–Trinajstić information content (AvgIpc) is 2.35. The minimum Gasteiger partial charge on any atom is -0.316 e. The summed E-state index contributed by atoms with van der Waals surface area (Å²) in [5, 5.41) is 3.28. The van der Waals surface area contributed by atoms with Gasteiger partial charge in [-0.1, -0.05) is 18.2 Å². The molecule has 1 aromatic rings. The van der Waals surface area contributed by atoms with Crippen molar-refractivity contribution in [3.05, 3.63) is 34.9 Å². The van der Waals surface area contributed by atoms with Gasteiger partial charge in [-0.2, -0.15) is 0 Å². The Hall–Kier alpha value is -0.890. The second-order valence-electron chi connectivity index (χ2n) is 5.25. The first kappa shape index (κ1) is 12.6. The highest BCUT2D eigenvalue weighted by Crippen LogP contribution is 2.21. The molecule has 0 amide bonds. The highest BCUT2D eigenvalue weighted by molar-refractivity contribution is 5.30. The van der Waals surface area contributed by atoms with E-state index in [1.807, 2.05) is 0 Å². The molecular weight excluding hydrogens is 213 g/mol. The number of aryl methyl sites for hydroxylation is 2. The number of benzene rings is 1. The Labute approximate surface area is 103 Å². The zero-order valence-corrected chi connectivity index (χ0v) is 10.8. The van der Waals surface area contributed by atoms with Gasteiger partial charge in [-0.05, 0) is 49.9 Å². The smallest absolute Gasteiger partial charge is 0.108 e. The van der Waals surface area contributed by atoms with E-state index in [0.29, 0.717) is 6.42 Å². The van der Waals surface area contributed by atoms with Crippen molar-refractivity contribution in [1.82, 2.24) is 5.32 Å². The van der Waals surface area contributed by atoms with Crippen molar-refractivity contribution in [1.29, 1.82) is 0 Å². The van der Waals surface area contributed by atoms with Crippen LogP contribution in [0.5, 0.6) is 0 Å². The second-order valence-corrected chi connectivity index (χ2v) is 5.25. The van der Waals surface area contributed by atoms with Gasteiger partial charge < -0.3 is 5.32 Å². The zero-order valence-electron chi connectivity index (χ0n) is 10.8. The molecular formula is C15H22FN. The minimum absolute atomic E-state index is 0.199. The van der Waals surface area contributed by atoms with Crippen molar-refractivity contribution < 1.29 is 4.39 Å². The lowest BCUT2D eigenvalue weighted by molar-refractivity contribution is 0.191. The van der Waals surface area contributed by atoms with Gasteiger partial charge in [-0.15, -0.1) is 0 Å². The summed E-state index contributed by atoms with van der Waals surface area (Å²) in [5.74, 6) is 0.199. The van der Waals surface area contributed by atoms with Gasteiger partial charge in [0.25, 0.3) is 0 Å². The monoisotopic (exact) mass is 235 g/mol. The predicted molar refractivity (Wildman–Crippen MR) is 70.1 cm³/mol. The van der Waals surface area contributed by atoms with E-state index >= 15 is 0 Å². The first-order valence-corrected chi connectivity index (χ1v) is 6.57. The highest BCUT2D eigenvalue weighted by atomic mass is 19.1. The van der Waals surface area contributed by atoms with Crippen LogP contribution in [0, 0.1) is 19.8 Å². The van der Waals surface area contributed by atoms with Crippen molar-refractivity contribution in [3.8, 4) is 0 Å². The van der Waals surface area contributed by atoms with Crippen molar-refractivity contribution in [2.75, 3.05) is 13.1 Å². The van der Waals surface area contributed by atoms with Crippen LogP contribution in [0.1, 0.15) is 29.5 Å². The number of hydrogen-bond acceptors (Lipinski definition) is 1. The SMILES string of the molecule is Cc1ccc(CC(F)C2CCCNC2)cc1C. The van der Waals surface area contributed by atoms with Crippen LogP contribution in [0.3, 0.4) is 0 Å². The lowest BCUT2D eigenvalue weighted by atomic mass is 9.90. The normalized spacial score (nSPS) is 22.4. The number of halogens is 1. The molecule has 0 radical (unpaired) electrons. The second kappa shape index (κ2) is 5.63. The first-order chi connectivity index (χ1) is 8.16. The molecule has 1 saturated heterocycles. The molecule has 0 aromatic heterocycles. The molecule has 17 heavy (non-hydrogen) atoms. The lowest BCUT2D eigenvalue weighted by Crippen LogP contribution is -2.35. The van der Waals surface area contributed by atoms with E-state index in [1.54, 1.807) is 0 Å². The van der Waals surface area contributed by atoms with Crippen LogP contribution in [-0.2, 0) is 6.42 Å². The third kappa shape index (κ3) is 3.29. The van der Waals surface area contributed by atoms with Gasteiger partial charge in [0.1, 0.15) is 6.17 Å². The van der Waals surface area contributed by atoms with Crippen molar-refractivity contribution >= 4 is 0 Å². The summed E-state index contributed by atoms with van der Waals surface area (Å²) in [4.78, 5) is 0. The van der Waals surface area contributed by atoms with E-state index in [0.717, 1.165) is 31.5 Å². The molecule has 2 rings (SSSR count). The molecule has 1 N–H and O–H groups in total. The Bertz CT molecular complexity index is 369. The van der Waals surface area contributed by atoms with Crippen LogP contribution in [0.25, 0.3) is 0 Å². The summed E-state index contributed by atoms with van der Waals surface area (Å²) >= 11 is 0. The van der Waals surface area contributed by atoms with Crippen LogP contribution in [0.15, 0.2) is 18.2 Å². The molecule has 0 spiro atoms. The molecule has 1 nitrogen and oxygen atoms in total. The first-order valence-electron chi connectivity index (χ1n) is 6.57. The molecule has 1 aromatic carbocycles. The molecule has 0 aliphatic carbocycles. The summed E-state index contributed by atoms with van der Waals surface area (Å²) in [6.45, 7) is 6.07. The molecule has 2 unspecified atom stereocenters. The maximum Gasteiger partial charge on any atom is 0.108 e. The van der Waals surface area contributed by atoms with Gasteiger partial charge in [-0.3, -0.25) is 0 Å². The largest absolute Gasteiger partial charge is 0.316 e. The van der Waals surface area contributed by atoms with E-state index in [4.69, 9.17) is 0 Å². The minimum atomic E-state index is -0.704.